The van der Waals surface area contributed by atoms with Gasteiger partial charge in [-0.2, -0.15) is 12.6 Å². The van der Waals surface area contributed by atoms with Crippen LogP contribution in [0.3, 0.4) is 0 Å². The van der Waals surface area contributed by atoms with Crippen molar-refractivity contribution in [3.8, 4) is 0 Å². The van der Waals surface area contributed by atoms with Crippen molar-refractivity contribution in [2.75, 3.05) is 31.9 Å². The van der Waals surface area contributed by atoms with Crippen LogP contribution in [0.4, 0.5) is 0 Å². The molecule has 0 radical (unpaired) electrons. The monoisotopic (exact) mass is 1270 g/mol. The lowest BCUT2D eigenvalue weighted by Gasteiger charge is -2.33. The van der Waals surface area contributed by atoms with E-state index in [0.717, 1.165) is 0 Å². The molecule has 2 aliphatic heterocycles. The summed E-state index contributed by atoms with van der Waals surface area (Å²) in [6.07, 6.45) is -1.22. The molecule has 2 aliphatic rings. The number of hydrogen-bond donors (Lipinski definition) is 16. The van der Waals surface area contributed by atoms with Gasteiger partial charge < -0.3 is 90.2 Å². The minimum atomic E-state index is -1.68. The summed E-state index contributed by atoms with van der Waals surface area (Å²) in [5, 5.41) is 50.2. The average molecular weight is 1270 g/mol. The fourth-order valence-corrected chi connectivity index (χ4v) is 10.0. The third kappa shape index (κ3) is 25.6. The van der Waals surface area contributed by atoms with Crippen molar-refractivity contribution >= 4 is 101 Å². The lowest BCUT2D eigenvalue weighted by molar-refractivity contribution is -0.145. The smallest absolute Gasteiger partial charge is 0.322 e. The first-order valence-electron chi connectivity index (χ1n) is 29.6. The number of carbonyl (C=O) groups excluding carboxylic acids is 12. The number of thiol groups is 1. The molecule has 2 rings (SSSR count). The molecule has 2 saturated heterocycles. The van der Waals surface area contributed by atoms with Crippen molar-refractivity contribution in [3.63, 3.8) is 0 Å². The van der Waals surface area contributed by atoms with Gasteiger partial charge in [0.15, 0.2) is 0 Å². The van der Waals surface area contributed by atoms with Gasteiger partial charge in [0.2, 0.25) is 70.9 Å². The van der Waals surface area contributed by atoms with Crippen molar-refractivity contribution in [2.24, 2.45) is 35.0 Å². The van der Waals surface area contributed by atoms with E-state index in [9.17, 15) is 82.1 Å². The number of primary amides is 1. The van der Waals surface area contributed by atoms with Gasteiger partial charge in [0.1, 0.15) is 67.0 Å². The molecule has 0 bridgehead atoms. The highest BCUT2D eigenvalue weighted by molar-refractivity contribution is 7.80. The maximum Gasteiger partial charge on any atom is 0.322 e. The fourth-order valence-electron chi connectivity index (χ4n) is 9.75. The SMILES string of the molecule is CC(C)C[C@H](NC(=O)[C@@H]1CCCN1C(=O)[C@@H](NC(=O)[C@@H]1CCCN1C(=O)[C@H](CCC(=O)O)NC(=O)[C@H](C)N)C(C)C)C(=O)N[C@H](C(=O)N[C@@H](CCCCN)C(=O)N[C@@H](CCC(N)=O)C(=O)N[C@@H](CCC(=O)O)C(=O)N[C@@H](CS)C(=O)NCC(=O)O)C(C)C. The summed E-state index contributed by atoms with van der Waals surface area (Å²) < 4.78 is 0. The standard InChI is InChI=1S/C55H92N14O18S/c1-27(2)24-35(64-51(83)37-13-11-23-69(37)55(87)44(29(5)6)67-52(84)38-14-10-22-68(38)54(86)34(17-20-41(73)74)63-45(77)30(7)57)50(82)66-43(28(3)4)53(85)62-31(12-8-9-21-56)47(79)60-32(15-18-39(58)70)48(80)61-33(16-19-40(71)72)49(81)65-36(26-88)46(78)59-25-42(75)76/h27-38,43-44,88H,8-26,56-57H2,1-7H3,(H2,58,70)(H,59,78)(H,60,79)(H,61,80)(H,62,85)(H,63,77)(H,64,83)(H,65,81)(H,66,82)(H,67,84)(H,71,72)(H,73,74)(H,75,76)/t30-,31-,32-,33-,34-,35-,36-,37-,38-,43-,44-/m0/s1. The van der Waals surface area contributed by atoms with Gasteiger partial charge in [0.05, 0.1) is 6.04 Å². The maximum atomic E-state index is 14.5. The number of nitrogens with two attached hydrogens (primary N) is 3. The first-order chi connectivity index (χ1) is 41.2. The van der Waals surface area contributed by atoms with Gasteiger partial charge in [-0.05, 0) is 102 Å². The highest BCUT2D eigenvalue weighted by Gasteiger charge is 2.44. The van der Waals surface area contributed by atoms with Crippen LogP contribution in [0.25, 0.3) is 0 Å². The minimum Gasteiger partial charge on any atom is -0.481 e. The van der Waals surface area contributed by atoms with E-state index in [1.807, 2.05) is 0 Å². The molecule has 11 atom stereocenters. The molecule has 2 heterocycles. The third-order valence-electron chi connectivity index (χ3n) is 14.6. The minimum absolute atomic E-state index is 0.0493. The van der Waals surface area contributed by atoms with Crippen molar-refractivity contribution in [1.82, 2.24) is 57.7 Å². The predicted octanol–water partition coefficient (Wildman–Crippen LogP) is -4.19. The Morgan fingerprint density at radius 2 is 0.932 bits per heavy atom. The van der Waals surface area contributed by atoms with Crippen LogP contribution in [0.1, 0.15) is 138 Å². The van der Waals surface area contributed by atoms with Gasteiger partial charge in [-0.25, -0.2) is 0 Å². The summed E-state index contributed by atoms with van der Waals surface area (Å²) in [6, 6.07) is -14.6. The normalized spacial score (nSPS) is 17.8. The van der Waals surface area contributed by atoms with Gasteiger partial charge >= 0.3 is 17.9 Å². The summed E-state index contributed by atoms with van der Waals surface area (Å²) in [6.45, 7) is 11.1. The second kappa shape index (κ2) is 37.9. The van der Waals surface area contributed by atoms with Crippen LogP contribution in [0.2, 0.25) is 0 Å². The number of amides is 12. The maximum absolute atomic E-state index is 14.5. The average Bonchev–Trinajstić information content (AvgIpc) is 4.37. The lowest BCUT2D eigenvalue weighted by atomic mass is 9.98. The van der Waals surface area contributed by atoms with Crippen LogP contribution in [0, 0.1) is 17.8 Å². The van der Waals surface area contributed by atoms with Crippen LogP contribution in [-0.2, 0) is 71.9 Å². The zero-order chi connectivity index (χ0) is 66.7. The summed E-state index contributed by atoms with van der Waals surface area (Å²) in [7, 11) is 0. The Balaban J connectivity index is 2.38. The quantitative estimate of drug-likeness (QED) is 0.0205. The molecule has 32 nitrogen and oxygen atoms in total. The van der Waals surface area contributed by atoms with E-state index in [1.165, 1.54) is 16.7 Å². The van der Waals surface area contributed by atoms with Gasteiger partial charge in [-0.1, -0.05) is 41.5 Å². The number of carboxylic acids is 3. The lowest BCUT2D eigenvalue weighted by Crippen LogP contribution is -2.61. The van der Waals surface area contributed by atoms with Crippen molar-refractivity contribution in [2.45, 2.75) is 205 Å². The van der Waals surface area contributed by atoms with Gasteiger partial charge in [-0.3, -0.25) is 71.9 Å². The number of nitrogens with zero attached hydrogens (tertiary/aromatic N) is 2. The highest BCUT2D eigenvalue weighted by Crippen LogP contribution is 2.24. The molecule has 0 aliphatic carbocycles. The molecule has 0 saturated carbocycles. The Hall–Kier alpha value is -7.68. The number of carbonyl (C=O) groups is 15. The molecule has 18 N–H and O–H groups in total. The molecule has 12 amide bonds. The number of unbranched alkanes of at least 4 members (excludes halogenated alkanes) is 1. The van der Waals surface area contributed by atoms with E-state index in [0.29, 0.717) is 19.3 Å². The summed E-state index contributed by atoms with van der Waals surface area (Å²) in [4.78, 5) is 200. The molecule has 2 fully saturated rings. The molecule has 0 spiro atoms. The highest BCUT2D eigenvalue weighted by atomic mass is 32.1. The second-order valence-electron chi connectivity index (χ2n) is 23.1. The van der Waals surface area contributed by atoms with Crippen molar-refractivity contribution in [1.29, 1.82) is 0 Å². The number of nitrogens with one attached hydrogen (secondary N) is 9. The van der Waals surface area contributed by atoms with E-state index >= 15 is 0 Å². The number of carboxylic acid groups (broad SMARTS) is 3. The Morgan fingerprint density at radius 3 is 1.39 bits per heavy atom. The van der Waals surface area contributed by atoms with Crippen LogP contribution >= 0.6 is 12.6 Å². The molecule has 88 heavy (non-hydrogen) atoms. The zero-order valence-corrected chi connectivity index (χ0v) is 52.0. The second-order valence-corrected chi connectivity index (χ2v) is 23.4. The van der Waals surface area contributed by atoms with E-state index in [-0.39, 0.29) is 69.8 Å². The van der Waals surface area contributed by atoms with Gasteiger partial charge in [0.25, 0.3) is 0 Å². The van der Waals surface area contributed by atoms with Crippen LogP contribution in [0.15, 0.2) is 0 Å². The molecule has 0 aromatic rings. The number of hydrogen-bond acceptors (Lipinski definition) is 18. The van der Waals surface area contributed by atoms with Crippen LogP contribution in [-0.4, -0.2) is 212 Å². The van der Waals surface area contributed by atoms with Gasteiger partial charge in [-0.15, -0.1) is 0 Å². The Kier molecular flexibility index (Phi) is 32.9. The Morgan fingerprint density at radius 1 is 0.489 bits per heavy atom. The fraction of sp³-hybridized carbons (Fsp3) is 0.727. The molecular formula is C55H92N14O18S. The predicted molar refractivity (Wildman–Crippen MR) is 317 cm³/mol. The van der Waals surface area contributed by atoms with Crippen molar-refractivity contribution in [3.05, 3.63) is 0 Å². The zero-order valence-electron chi connectivity index (χ0n) is 51.1. The van der Waals surface area contributed by atoms with E-state index < -0.39 is 206 Å². The summed E-state index contributed by atoms with van der Waals surface area (Å²) in [5.41, 5.74) is 16.8. The number of rotatable bonds is 39. The molecule has 0 aromatic carbocycles. The molecule has 496 valence electrons. The van der Waals surface area contributed by atoms with E-state index in [2.05, 4.69) is 60.5 Å². The largest absolute Gasteiger partial charge is 0.481 e. The van der Waals surface area contributed by atoms with E-state index in [4.69, 9.17) is 22.3 Å². The summed E-state index contributed by atoms with van der Waals surface area (Å²) in [5.74, 6) is -15.9. The molecule has 0 unspecified atom stereocenters. The van der Waals surface area contributed by atoms with Crippen molar-refractivity contribution < 1.29 is 87.2 Å². The van der Waals surface area contributed by atoms with Crippen LogP contribution < -0.4 is 65.1 Å². The molecule has 33 heteroatoms. The molecule has 0 aromatic heterocycles. The van der Waals surface area contributed by atoms with Crippen LogP contribution in [0.5, 0.6) is 0 Å². The first kappa shape index (κ1) is 76.4. The Labute approximate surface area is 516 Å². The topological polar surface area (TPSA) is 510 Å². The number of likely N-dealkylation sites (tertiary alicyclic amines) is 2. The molecular weight excluding hydrogens is 1180 g/mol. The third-order valence-corrected chi connectivity index (χ3v) is 14.9. The first-order valence-corrected chi connectivity index (χ1v) is 30.2. The summed E-state index contributed by atoms with van der Waals surface area (Å²) >= 11 is 4.02. The van der Waals surface area contributed by atoms with Gasteiger partial charge in [0, 0.05) is 38.1 Å². The Bertz CT molecular complexity index is 2500. The van der Waals surface area contributed by atoms with E-state index in [1.54, 1.807) is 41.5 Å². The number of aliphatic carboxylic acids is 3.